The largest absolute Gasteiger partial charge is 0.497 e. The summed E-state index contributed by atoms with van der Waals surface area (Å²) in [6, 6.07) is 7.38. The maximum Gasteiger partial charge on any atom is 0.265 e. The number of anilines is 2. The molecular weight excluding hydrogens is 268 g/mol. The van der Waals surface area contributed by atoms with E-state index in [0.717, 1.165) is 0 Å². The molecule has 0 atom stereocenters. The average Bonchev–Trinajstić information content (AvgIpc) is 2.38. The van der Waals surface area contributed by atoms with E-state index in [0.29, 0.717) is 5.75 Å². The van der Waals surface area contributed by atoms with Gasteiger partial charge in [0.25, 0.3) is 10.0 Å². The first-order valence-electron chi connectivity index (χ1n) is 5.27. The minimum atomic E-state index is -3.80. The first-order chi connectivity index (χ1) is 9.03. The number of sulfonamides is 1. The van der Waals surface area contributed by atoms with Gasteiger partial charge in [-0.3, -0.25) is 4.72 Å². The van der Waals surface area contributed by atoms with Crippen LogP contribution in [0.4, 0.5) is 11.5 Å². The Bertz CT molecular complexity index is 674. The van der Waals surface area contributed by atoms with Crippen LogP contribution in [0.5, 0.6) is 5.75 Å². The van der Waals surface area contributed by atoms with E-state index in [1.807, 2.05) is 0 Å². The number of rotatable bonds is 4. The van der Waals surface area contributed by atoms with Crippen molar-refractivity contribution < 1.29 is 13.2 Å². The van der Waals surface area contributed by atoms with Gasteiger partial charge >= 0.3 is 0 Å². The van der Waals surface area contributed by atoms with Crippen molar-refractivity contribution in [2.75, 3.05) is 17.6 Å². The lowest BCUT2D eigenvalue weighted by molar-refractivity contribution is 0.414. The van der Waals surface area contributed by atoms with Gasteiger partial charge in [0.15, 0.2) is 5.82 Å². The lowest BCUT2D eigenvalue weighted by atomic mass is 10.3. The molecule has 0 saturated carbocycles. The number of nitrogen functional groups attached to an aromatic ring is 1. The number of hydrogen-bond donors (Lipinski definition) is 2. The SMILES string of the molecule is COc1ccc(S(=O)(=O)Nc2cccnn2)c(N)c1. The van der Waals surface area contributed by atoms with Crippen LogP contribution in [0, 0.1) is 0 Å². The van der Waals surface area contributed by atoms with Crippen molar-refractivity contribution >= 4 is 21.5 Å². The van der Waals surface area contributed by atoms with Gasteiger partial charge in [-0.2, -0.15) is 5.10 Å². The fourth-order valence-corrected chi connectivity index (χ4v) is 2.56. The molecule has 19 heavy (non-hydrogen) atoms. The third-order valence-corrected chi connectivity index (χ3v) is 3.75. The van der Waals surface area contributed by atoms with Crippen molar-refractivity contribution in [3.63, 3.8) is 0 Å². The predicted octanol–water partition coefficient (Wildman–Crippen LogP) is 0.868. The van der Waals surface area contributed by atoms with Crippen molar-refractivity contribution in [2.24, 2.45) is 0 Å². The molecule has 8 heteroatoms. The van der Waals surface area contributed by atoms with E-state index in [9.17, 15) is 8.42 Å². The van der Waals surface area contributed by atoms with Gasteiger partial charge in [0.1, 0.15) is 10.6 Å². The molecular formula is C11H12N4O3S. The van der Waals surface area contributed by atoms with E-state index in [1.165, 1.54) is 37.6 Å². The highest BCUT2D eigenvalue weighted by Gasteiger charge is 2.18. The van der Waals surface area contributed by atoms with E-state index in [2.05, 4.69) is 14.9 Å². The molecule has 1 aromatic heterocycles. The van der Waals surface area contributed by atoms with Gasteiger partial charge in [-0.1, -0.05) is 0 Å². The number of nitrogens with zero attached hydrogens (tertiary/aromatic N) is 2. The van der Waals surface area contributed by atoms with E-state index in [4.69, 9.17) is 10.5 Å². The molecule has 0 aliphatic rings. The topological polar surface area (TPSA) is 107 Å². The summed E-state index contributed by atoms with van der Waals surface area (Å²) in [5.41, 5.74) is 5.79. The molecule has 0 amide bonds. The smallest absolute Gasteiger partial charge is 0.265 e. The Hall–Kier alpha value is -2.35. The summed E-state index contributed by atoms with van der Waals surface area (Å²) >= 11 is 0. The second-order valence-corrected chi connectivity index (χ2v) is 5.27. The lowest BCUT2D eigenvalue weighted by Crippen LogP contribution is -2.15. The van der Waals surface area contributed by atoms with E-state index < -0.39 is 10.0 Å². The van der Waals surface area contributed by atoms with E-state index >= 15 is 0 Å². The fourth-order valence-electron chi connectivity index (χ4n) is 1.45. The molecule has 0 radical (unpaired) electrons. The van der Waals surface area contributed by atoms with Gasteiger partial charge in [0.2, 0.25) is 0 Å². The number of methoxy groups -OCH3 is 1. The summed E-state index contributed by atoms with van der Waals surface area (Å²) in [5.74, 6) is 0.605. The molecule has 3 N–H and O–H groups in total. The van der Waals surface area contributed by atoms with Gasteiger partial charge in [-0.05, 0) is 24.3 Å². The quantitative estimate of drug-likeness (QED) is 0.805. The van der Waals surface area contributed by atoms with E-state index in [1.54, 1.807) is 6.07 Å². The molecule has 0 unspecified atom stereocenters. The minimum absolute atomic E-state index is 0.0426. The zero-order chi connectivity index (χ0) is 13.9. The standard InChI is InChI=1S/C11H12N4O3S/c1-18-8-4-5-10(9(12)7-8)19(16,17)15-11-3-2-6-13-14-11/h2-7H,12H2,1H3,(H,14,15). The third-order valence-electron chi connectivity index (χ3n) is 2.32. The Balaban J connectivity index is 2.35. The number of aromatic nitrogens is 2. The summed E-state index contributed by atoms with van der Waals surface area (Å²) in [6.07, 6.45) is 1.44. The molecule has 2 rings (SSSR count). The Morgan fingerprint density at radius 1 is 1.32 bits per heavy atom. The monoisotopic (exact) mass is 280 g/mol. The van der Waals surface area contributed by atoms with Crippen LogP contribution >= 0.6 is 0 Å². The van der Waals surface area contributed by atoms with Crippen molar-refractivity contribution in [3.05, 3.63) is 36.5 Å². The van der Waals surface area contributed by atoms with Gasteiger partial charge in [-0.25, -0.2) is 8.42 Å². The zero-order valence-electron chi connectivity index (χ0n) is 10.1. The molecule has 0 aliphatic heterocycles. The first kappa shape index (κ1) is 13.1. The zero-order valence-corrected chi connectivity index (χ0v) is 10.9. The lowest BCUT2D eigenvalue weighted by Gasteiger charge is -2.10. The van der Waals surface area contributed by atoms with Crippen molar-refractivity contribution in [1.82, 2.24) is 10.2 Å². The second-order valence-electron chi connectivity index (χ2n) is 3.62. The van der Waals surface area contributed by atoms with Crippen LogP contribution in [0.1, 0.15) is 0 Å². The predicted molar refractivity (Wildman–Crippen MR) is 70.2 cm³/mol. The fraction of sp³-hybridized carbons (Fsp3) is 0.0909. The summed E-state index contributed by atoms with van der Waals surface area (Å²) in [5, 5.41) is 7.23. The molecule has 0 spiro atoms. The van der Waals surface area contributed by atoms with Crippen LogP contribution in [0.3, 0.4) is 0 Å². The number of nitrogens with two attached hydrogens (primary N) is 1. The molecule has 0 bridgehead atoms. The third kappa shape index (κ3) is 2.91. The van der Waals surface area contributed by atoms with Crippen molar-refractivity contribution in [1.29, 1.82) is 0 Å². The molecule has 100 valence electrons. The first-order valence-corrected chi connectivity index (χ1v) is 6.75. The van der Waals surface area contributed by atoms with Gasteiger partial charge < -0.3 is 10.5 Å². The van der Waals surface area contributed by atoms with Crippen LogP contribution < -0.4 is 15.2 Å². The highest BCUT2D eigenvalue weighted by atomic mass is 32.2. The maximum atomic E-state index is 12.1. The highest BCUT2D eigenvalue weighted by molar-refractivity contribution is 7.92. The van der Waals surface area contributed by atoms with Crippen molar-refractivity contribution in [3.8, 4) is 5.75 Å². The number of nitrogens with one attached hydrogen (secondary N) is 1. The van der Waals surface area contributed by atoms with Crippen LogP contribution in [-0.4, -0.2) is 25.7 Å². The Kier molecular flexibility index (Phi) is 3.52. The van der Waals surface area contributed by atoms with Crippen LogP contribution in [0.2, 0.25) is 0 Å². The molecule has 1 aromatic carbocycles. The van der Waals surface area contributed by atoms with Crippen LogP contribution in [0.25, 0.3) is 0 Å². The summed E-state index contributed by atoms with van der Waals surface area (Å²) in [6.45, 7) is 0. The Labute approximate surface area is 110 Å². The second kappa shape index (κ2) is 5.11. The van der Waals surface area contributed by atoms with Gasteiger partial charge in [0, 0.05) is 12.3 Å². The van der Waals surface area contributed by atoms with Gasteiger partial charge in [-0.15, -0.1) is 5.10 Å². The normalized spacial score (nSPS) is 11.0. The Morgan fingerprint density at radius 3 is 2.68 bits per heavy atom. The summed E-state index contributed by atoms with van der Waals surface area (Å²) < 4.78 is 31.5. The molecule has 0 fully saturated rings. The average molecular weight is 280 g/mol. The summed E-state index contributed by atoms with van der Waals surface area (Å²) in [4.78, 5) is -0.0426. The van der Waals surface area contributed by atoms with E-state index in [-0.39, 0.29) is 16.4 Å². The van der Waals surface area contributed by atoms with Crippen LogP contribution in [0.15, 0.2) is 41.4 Å². The highest BCUT2D eigenvalue weighted by Crippen LogP contribution is 2.24. The molecule has 0 aliphatic carbocycles. The number of ether oxygens (including phenoxy) is 1. The minimum Gasteiger partial charge on any atom is -0.497 e. The summed E-state index contributed by atoms with van der Waals surface area (Å²) in [7, 11) is -2.33. The molecule has 2 aromatic rings. The molecule has 1 heterocycles. The number of hydrogen-bond acceptors (Lipinski definition) is 6. The Morgan fingerprint density at radius 2 is 2.11 bits per heavy atom. The van der Waals surface area contributed by atoms with Crippen LogP contribution in [-0.2, 0) is 10.0 Å². The number of benzene rings is 1. The maximum absolute atomic E-state index is 12.1. The molecule has 7 nitrogen and oxygen atoms in total. The molecule has 0 saturated heterocycles. The van der Waals surface area contributed by atoms with Gasteiger partial charge in [0.05, 0.1) is 12.8 Å². The van der Waals surface area contributed by atoms with Crippen molar-refractivity contribution in [2.45, 2.75) is 4.90 Å².